The van der Waals surface area contributed by atoms with Crippen molar-refractivity contribution in [2.24, 2.45) is 5.73 Å². The smallest absolute Gasteiger partial charge is 0.253 e. The van der Waals surface area contributed by atoms with Crippen molar-refractivity contribution in [3.8, 4) is 11.8 Å². The highest BCUT2D eigenvalue weighted by Gasteiger charge is 2.13. The fourth-order valence-electron chi connectivity index (χ4n) is 1.67. The highest BCUT2D eigenvalue weighted by molar-refractivity contribution is 7.10. The van der Waals surface area contributed by atoms with Crippen molar-refractivity contribution in [1.29, 1.82) is 0 Å². The third kappa shape index (κ3) is 3.82. The molecule has 0 saturated heterocycles. The van der Waals surface area contributed by atoms with Gasteiger partial charge in [-0.05, 0) is 23.6 Å². The summed E-state index contributed by atoms with van der Waals surface area (Å²) in [5.74, 6) is 4.66. The van der Waals surface area contributed by atoms with Gasteiger partial charge in [-0.2, -0.15) is 0 Å². The number of thiophene rings is 1. The van der Waals surface area contributed by atoms with E-state index < -0.39 is 11.7 Å². The van der Waals surface area contributed by atoms with Crippen molar-refractivity contribution in [3.05, 3.63) is 56.5 Å². The average Bonchev–Trinajstić information content (AvgIpc) is 2.93. The van der Waals surface area contributed by atoms with Crippen molar-refractivity contribution in [3.63, 3.8) is 0 Å². The second-order valence-corrected chi connectivity index (χ2v) is 5.43. The standard InChI is InChI=1S/C15H12ClFN2OS/c16-14-11(4-1-5-12(14)17)15(20)19-9-13-10(3-2-7-18)6-8-21-13/h1,4-6,8H,7,9,18H2,(H,19,20). The molecule has 0 unspecified atom stereocenters. The molecule has 1 aromatic heterocycles. The molecular formula is C15H12ClFN2OS. The zero-order valence-electron chi connectivity index (χ0n) is 11.0. The minimum atomic E-state index is -0.616. The molecule has 1 heterocycles. The molecule has 3 nitrogen and oxygen atoms in total. The average molecular weight is 323 g/mol. The fraction of sp³-hybridized carbons (Fsp3) is 0.133. The van der Waals surface area contributed by atoms with Crippen molar-refractivity contribution < 1.29 is 9.18 Å². The molecule has 0 aliphatic carbocycles. The van der Waals surface area contributed by atoms with Gasteiger partial charge in [-0.15, -0.1) is 11.3 Å². The SMILES string of the molecule is NCC#Cc1ccsc1CNC(=O)c1cccc(F)c1Cl. The summed E-state index contributed by atoms with van der Waals surface area (Å²) in [4.78, 5) is 12.9. The third-order valence-electron chi connectivity index (χ3n) is 2.68. The van der Waals surface area contributed by atoms with Crippen molar-refractivity contribution in [2.45, 2.75) is 6.54 Å². The van der Waals surface area contributed by atoms with E-state index in [1.165, 1.54) is 29.5 Å². The lowest BCUT2D eigenvalue weighted by Gasteiger charge is -2.06. The van der Waals surface area contributed by atoms with Crippen LogP contribution in [-0.2, 0) is 6.54 Å². The molecule has 0 spiro atoms. The van der Waals surface area contributed by atoms with Gasteiger partial charge in [0.15, 0.2) is 0 Å². The van der Waals surface area contributed by atoms with Crippen molar-refractivity contribution >= 4 is 28.8 Å². The molecule has 0 aliphatic heterocycles. The molecule has 108 valence electrons. The highest BCUT2D eigenvalue weighted by Crippen LogP contribution is 2.20. The van der Waals surface area contributed by atoms with Gasteiger partial charge in [-0.1, -0.05) is 29.5 Å². The van der Waals surface area contributed by atoms with Gasteiger partial charge in [0.05, 0.1) is 23.7 Å². The van der Waals surface area contributed by atoms with Gasteiger partial charge in [0.1, 0.15) is 5.82 Å². The Bertz CT molecular complexity index is 718. The quantitative estimate of drug-likeness (QED) is 0.854. The van der Waals surface area contributed by atoms with Crippen LogP contribution in [0.25, 0.3) is 0 Å². The van der Waals surface area contributed by atoms with Crippen LogP contribution in [0, 0.1) is 17.7 Å². The molecular weight excluding hydrogens is 311 g/mol. The number of nitrogens with one attached hydrogen (secondary N) is 1. The van der Waals surface area contributed by atoms with Crippen LogP contribution in [0.4, 0.5) is 4.39 Å². The van der Waals surface area contributed by atoms with E-state index >= 15 is 0 Å². The van der Waals surface area contributed by atoms with E-state index in [2.05, 4.69) is 17.2 Å². The summed E-state index contributed by atoms with van der Waals surface area (Å²) in [7, 11) is 0. The van der Waals surface area contributed by atoms with Crippen LogP contribution in [0.3, 0.4) is 0 Å². The van der Waals surface area contributed by atoms with Crippen LogP contribution in [0.5, 0.6) is 0 Å². The minimum Gasteiger partial charge on any atom is -0.347 e. The molecule has 3 N–H and O–H groups in total. The first kappa shape index (κ1) is 15.5. The van der Waals surface area contributed by atoms with Gasteiger partial charge in [0.2, 0.25) is 0 Å². The predicted octanol–water partition coefficient (Wildman–Crippen LogP) is 2.78. The Labute approximate surface area is 130 Å². The zero-order chi connectivity index (χ0) is 15.2. The summed E-state index contributed by atoms with van der Waals surface area (Å²) < 4.78 is 13.3. The Morgan fingerprint density at radius 2 is 2.24 bits per heavy atom. The topological polar surface area (TPSA) is 55.1 Å². The molecule has 21 heavy (non-hydrogen) atoms. The predicted molar refractivity (Wildman–Crippen MR) is 82.8 cm³/mol. The normalized spacial score (nSPS) is 9.86. The maximum Gasteiger partial charge on any atom is 0.253 e. The second-order valence-electron chi connectivity index (χ2n) is 4.05. The summed E-state index contributed by atoms with van der Waals surface area (Å²) in [6.45, 7) is 0.582. The van der Waals surface area contributed by atoms with E-state index in [1.54, 1.807) is 0 Å². The summed E-state index contributed by atoms with van der Waals surface area (Å²) in [5.41, 5.74) is 6.28. The maximum absolute atomic E-state index is 13.3. The highest BCUT2D eigenvalue weighted by atomic mass is 35.5. The van der Waals surface area contributed by atoms with E-state index in [-0.39, 0.29) is 17.1 Å². The van der Waals surface area contributed by atoms with Crippen molar-refractivity contribution in [1.82, 2.24) is 5.32 Å². The number of amides is 1. The van der Waals surface area contributed by atoms with Gasteiger partial charge in [0, 0.05) is 10.4 Å². The molecule has 1 amide bonds. The van der Waals surface area contributed by atoms with Gasteiger partial charge in [-0.3, -0.25) is 4.79 Å². The number of halogens is 2. The molecule has 2 aromatic rings. The molecule has 1 aromatic carbocycles. The van der Waals surface area contributed by atoms with Crippen LogP contribution in [0.15, 0.2) is 29.6 Å². The molecule has 2 rings (SSSR count). The van der Waals surface area contributed by atoms with E-state index in [0.717, 1.165) is 10.4 Å². The Kier molecular flexibility index (Phi) is 5.34. The molecule has 0 aliphatic rings. The molecule has 0 bridgehead atoms. The number of hydrogen-bond donors (Lipinski definition) is 2. The summed E-state index contributed by atoms with van der Waals surface area (Å²) in [5, 5.41) is 4.42. The lowest BCUT2D eigenvalue weighted by atomic mass is 10.2. The van der Waals surface area contributed by atoms with Crippen LogP contribution < -0.4 is 11.1 Å². The van der Waals surface area contributed by atoms with E-state index in [9.17, 15) is 9.18 Å². The number of nitrogens with two attached hydrogens (primary N) is 1. The van der Waals surface area contributed by atoms with E-state index in [4.69, 9.17) is 17.3 Å². The zero-order valence-corrected chi connectivity index (χ0v) is 12.5. The minimum absolute atomic E-state index is 0.114. The lowest BCUT2D eigenvalue weighted by Crippen LogP contribution is -2.23. The number of carbonyl (C=O) groups is 1. The van der Waals surface area contributed by atoms with Gasteiger partial charge in [-0.25, -0.2) is 4.39 Å². The number of carbonyl (C=O) groups excluding carboxylic acids is 1. The summed E-state index contributed by atoms with van der Waals surface area (Å²) in [6.07, 6.45) is 0. The number of hydrogen-bond acceptors (Lipinski definition) is 3. The Morgan fingerprint density at radius 3 is 3.00 bits per heavy atom. The first-order valence-electron chi connectivity index (χ1n) is 6.11. The fourth-order valence-corrected chi connectivity index (χ4v) is 2.65. The molecule has 0 radical (unpaired) electrons. The summed E-state index contributed by atoms with van der Waals surface area (Å²) in [6, 6.07) is 5.99. The lowest BCUT2D eigenvalue weighted by molar-refractivity contribution is 0.0951. The van der Waals surface area contributed by atoms with E-state index in [1.807, 2.05) is 11.4 Å². The largest absolute Gasteiger partial charge is 0.347 e. The van der Waals surface area contributed by atoms with Crippen LogP contribution in [0.2, 0.25) is 5.02 Å². The molecule has 6 heteroatoms. The number of rotatable bonds is 3. The Hall–Kier alpha value is -1.87. The first-order valence-corrected chi connectivity index (χ1v) is 7.36. The molecule has 0 saturated carbocycles. The summed E-state index contributed by atoms with van der Waals surface area (Å²) >= 11 is 7.26. The van der Waals surface area contributed by atoms with Crippen LogP contribution in [0.1, 0.15) is 20.8 Å². The van der Waals surface area contributed by atoms with Crippen LogP contribution >= 0.6 is 22.9 Å². The maximum atomic E-state index is 13.3. The molecule has 0 fully saturated rings. The van der Waals surface area contributed by atoms with Crippen molar-refractivity contribution in [2.75, 3.05) is 6.54 Å². The Morgan fingerprint density at radius 1 is 1.43 bits per heavy atom. The van der Waals surface area contributed by atoms with E-state index in [0.29, 0.717) is 6.54 Å². The van der Waals surface area contributed by atoms with Gasteiger partial charge in [0.25, 0.3) is 5.91 Å². The number of benzene rings is 1. The molecule has 0 atom stereocenters. The van der Waals surface area contributed by atoms with Crippen LogP contribution in [-0.4, -0.2) is 12.5 Å². The third-order valence-corrected chi connectivity index (χ3v) is 3.98. The first-order chi connectivity index (χ1) is 10.1. The second kappa shape index (κ2) is 7.23. The van der Waals surface area contributed by atoms with Gasteiger partial charge < -0.3 is 11.1 Å². The Balaban J connectivity index is 2.08. The monoisotopic (exact) mass is 322 g/mol. The van der Waals surface area contributed by atoms with Gasteiger partial charge >= 0.3 is 0 Å².